The van der Waals surface area contributed by atoms with Gasteiger partial charge in [-0.15, -0.1) is 0 Å². The summed E-state index contributed by atoms with van der Waals surface area (Å²) in [5.41, 5.74) is 1.20. The van der Waals surface area contributed by atoms with Gasteiger partial charge in [0.15, 0.2) is 17.3 Å². The molecule has 0 bridgehead atoms. The van der Waals surface area contributed by atoms with Gasteiger partial charge in [0.2, 0.25) is 12.7 Å². The highest BCUT2D eigenvalue weighted by Crippen LogP contribution is 2.34. The van der Waals surface area contributed by atoms with E-state index in [9.17, 15) is 4.79 Å². The number of amides is 2. The lowest BCUT2D eigenvalue weighted by Gasteiger charge is -2.10. The van der Waals surface area contributed by atoms with Crippen molar-refractivity contribution < 1.29 is 19.0 Å². The van der Waals surface area contributed by atoms with Crippen LogP contribution < -0.4 is 24.8 Å². The van der Waals surface area contributed by atoms with E-state index in [0.29, 0.717) is 46.1 Å². The van der Waals surface area contributed by atoms with Gasteiger partial charge < -0.3 is 24.8 Å². The van der Waals surface area contributed by atoms with Crippen LogP contribution in [0.15, 0.2) is 67.0 Å². The standard InChI is InChI=1S/C22H18N6O4/c1-14-24-20(28-10-2-9-23-28)12-21(25-14)32-17-6-3-15(4-7-17)26-22(29)27-16-5-8-18-19(11-16)31-13-30-18/h2-12H,13H2,1H3,(H2,26,27,29). The van der Waals surface area contributed by atoms with Crippen molar-refractivity contribution in [2.24, 2.45) is 0 Å². The van der Waals surface area contributed by atoms with Gasteiger partial charge in [-0.2, -0.15) is 10.1 Å². The molecule has 0 aliphatic carbocycles. The molecule has 0 saturated carbocycles. The van der Waals surface area contributed by atoms with E-state index >= 15 is 0 Å². The number of nitrogens with zero attached hydrogens (tertiary/aromatic N) is 4. The average Bonchev–Trinajstić information content (AvgIpc) is 3.46. The molecule has 160 valence electrons. The average molecular weight is 430 g/mol. The number of ether oxygens (including phenoxy) is 3. The third-order valence-electron chi connectivity index (χ3n) is 4.51. The van der Waals surface area contributed by atoms with Crippen LogP contribution in [0.4, 0.5) is 16.2 Å². The second-order valence-electron chi connectivity index (χ2n) is 6.84. The van der Waals surface area contributed by atoms with Crippen molar-refractivity contribution in [1.82, 2.24) is 19.7 Å². The fourth-order valence-electron chi connectivity index (χ4n) is 3.09. The number of benzene rings is 2. The molecule has 0 radical (unpaired) electrons. The van der Waals surface area contributed by atoms with E-state index in [1.807, 2.05) is 6.07 Å². The summed E-state index contributed by atoms with van der Waals surface area (Å²) in [6.45, 7) is 1.96. The SMILES string of the molecule is Cc1nc(Oc2ccc(NC(=O)Nc3ccc4c(c3)OCO4)cc2)cc(-n2cccn2)n1. The number of fused-ring (bicyclic) bond motifs is 1. The Balaban J connectivity index is 1.22. The van der Waals surface area contributed by atoms with Gasteiger partial charge in [0.25, 0.3) is 0 Å². The fraction of sp³-hybridized carbons (Fsp3) is 0.0909. The summed E-state index contributed by atoms with van der Waals surface area (Å²) in [5.74, 6) is 3.38. The van der Waals surface area contributed by atoms with Gasteiger partial charge in [-0.25, -0.2) is 14.5 Å². The molecule has 5 rings (SSSR count). The van der Waals surface area contributed by atoms with Crippen LogP contribution in [0, 0.1) is 6.92 Å². The minimum absolute atomic E-state index is 0.179. The molecule has 2 aromatic carbocycles. The minimum Gasteiger partial charge on any atom is -0.454 e. The summed E-state index contributed by atoms with van der Waals surface area (Å²) in [6, 6.07) is 15.3. The fourth-order valence-corrected chi connectivity index (χ4v) is 3.09. The number of hydrogen-bond acceptors (Lipinski definition) is 7. The Kier molecular flexibility index (Phi) is 5.00. The molecule has 0 saturated heterocycles. The van der Waals surface area contributed by atoms with E-state index in [4.69, 9.17) is 14.2 Å². The lowest BCUT2D eigenvalue weighted by atomic mass is 10.3. The van der Waals surface area contributed by atoms with E-state index in [-0.39, 0.29) is 12.8 Å². The van der Waals surface area contributed by atoms with Crippen molar-refractivity contribution in [2.45, 2.75) is 6.92 Å². The van der Waals surface area contributed by atoms with Gasteiger partial charge in [0.1, 0.15) is 11.6 Å². The van der Waals surface area contributed by atoms with Crippen molar-refractivity contribution in [3.05, 3.63) is 72.8 Å². The molecule has 3 heterocycles. The molecular formula is C22H18N6O4. The van der Waals surface area contributed by atoms with Gasteiger partial charge >= 0.3 is 6.03 Å². The van der Waals surface area contributed by atoms with Gasteiger partial charge in [-0.05, 0) is 49.4 Å². The number of urea groups is 1. The first-order valence-corrected chi connectivity index (χ1v) is 9.74. The van der Waals surface area contributed by atoms with E-state index in [1.54, 1.807) is 72.5 Å². The molecule has 32 heavy (non-hydrogen) atoms. The third kappa shape index (κ3) is 4.29. The van der Waals surface area contributed by atoms with E-state index in [0.717, 1.165) is 0 Å². The van der Waals surface area contributed by atoms with Crippen LogP contribution in [0.1, 0.15) is 5.82 Å². The zero-order valence-electron chi connectivity index (χ0n) is 17.0. The summed E-state index contributed by atoms with van der Waals surface area (Å²) >= 11 is 0. The Morgan fingerprint density at radius 3 is 2.59 bits per heavy atom. The van der Waals surface area contributed by atoms with Crippen LogP contribution in [-0.4, -0.2) is 32.6 Å². The molecule has 1 aliphatic heterocycles. The Bertz CT molecular complexity index is 1260. The normalized spacial score (nSPS) is 11.8. The van der Waals surface area contributed by atoms with Gasteiger partial charge in [-0.3, -0.25) is 0 Å². The molecule has 10 nitrogen and oxygen atoms in total. The van der Waals surface area contributed by atoms with Crippen molar-refractivity contribution >= 4 is 17.4 Å². The topological polar surface area (TPSA) is 112 Å². The quantitative estimate of drug-likeness (QED) is 0.489. The summed E-state index contributed by atoms with van der Waals surface area (Å²) < 4.78 is 18.1. The number of carbonyl (C=O) groups excluding carboxylic acids is 1. The Morgan fingerprint density at radius 2 is 1.78 bits per heavy atom. The summed E-state index contributed by atoms with van der Waals surface area (Å²) in [6.07, 6.45) is 3.47. The monoisotopic (exact) mass is 430 g/mol. The van der Waals surface area contributed by atoms with Crippen LogP contribution in [0.25, 0.3) is 5.82 Å². The van der Waals surface area contributed by atoms with E-state index < -0.39 is 0 Å². The maximum absolute atomic E-state index is 12.3. The summed E-state index contributed by atoms with van der Waals surface area (Å²) in [5, 5.41) is 9.70. The number of hydrogen-bond donors (Lipinski definition) is 2. The first kappa shape index (κ1) is 19.4. The Morgan fingerprint density at radius 1 is 1.00 bits per heavy atom. The van der Waals surface area contributed by atoms with Crippen LogP contribution >= 0.6 is 0 Å². The largest absolute Gasteiger partial charge is 0.454 e. The van der Waals surface area contributed by atoms with Crippen LogP contribution in [0.2, 0.25) is 0 Å². The Labute approximate surface area is 182 Å². The second kappa shape index (κ2) is 8.26. The van der Waals surface area contributed by atoms with Crippen LogP contribution in [0.5, 0.6) is 23.1 Å². The summed E-state index contributed by atoms with van der Waals surface area (Å²) in [7, 11) is 0. The first-order valence-electron chi connectivity index (χ1n) is 9.74. The maximum atomic E-state index is 12.3. The number of aromatic nitrogens is 4. The molecular weight excluding hydrogens is 412 g/mol. The molecule has 1 aliphatic rings. The summed E-state index contributed by atoms with van der Waals surface area (Å²) in [4.78, 5) is 21.0. The lowest BCUT2D eigenvalue weighted by molar-refractivity contribution is 0.174. The smallest absolute Gasteiger partial charge is 0.323 e. The molecule has 0 spiro atoms. The molecule has 4 aromatic rings. The number of aryl methyl sites for hydroxylation is 1. The minimum atomic E-state index is -0.382. The lowest BCUT2D eigenvalue weighted by Crippen LogP contribution is -2.19. The first-order chi connectivity index (χ1) is 15.6. The zero-order chi connectivity index (χ0) is 21.9. The second-order valence-corrected chi connectivity index (χ2v) is 6.84. The van der Waals surface area contributed by atoms with Gasteiger partial charge in [-0.1, -0.05) is 0 Å². The molecule has 2 N–H and O–H groups in total. The van der Waals surface area contributed by atoms with Crippen molar-refractivity contribution in [3.63, 3.8) is 0 Å². The number of anilines is 2. The number of rotatable bonds is 5. The number of nitrogens with one attached hydrogen (secondary N) is 2. The number of carbonyl (C=O) groups is 1. The highest BCUT2D eigenvalue weighted by molar-refractivity contribution is 6.00. The molecule has 2 amide bonds. The van der Waals surface area contributed by atoms with Crippen LogP contribution in [-0.2, 0) is 0 Å². The van der Waals surface area contributed by atoms with Gasteiger partial charge in [0.05, 0.1) is 0 Å². The maximum Gasteiger partial charge on any atom is 0.323 e. The predicted molar refractivity (Wildman–Crippen MR) is 116 cm³/mol. The van der Waals surface area contributed by atoms with Crippen molar-refractivity contribution in [3.8, 4) is 28.9 Å². The Hall–Kier alpha value is -4.60. The van der Waals surface area contributed by atoms with E-state index in [1.165, 1.54) is 0 Å². The van der Waals surface area contributed by atoms with E-state index in [2.05, 4.69) is 25.7 Å². The highest BCUT2D eigenvalue weighted by atomic mass is 16.7. The molecule has 0 fully saturated rings. The zero-order valence-corrected chi connectivity index (χ0v) is 17.0. The molecule has 0 atom stereocenters. The van der Waals surface area contributed by atoms with Gasteiger partial charge in [0, 0.05) is 35.9 Å². The highest BCUT2D eigenvalue weighted by Gasteiger charge is 2.14. The van der Waals surface area contributed by atoms with Crippen molar-refractivity contribution in [2.75, 3.05) is 17.4 Å². The molecule has 2 aromatic heterocycles. The predicted octanol–water partition coefficient (Wildman–Crippen LogP) is 4.14. The third-order valence-corrected chi connectivity index (χ3v) is 4.51. The molecule has 0 unspecified atom stereocenters. The molecule has 10 heteroatoms. The van der Waals surface area contributed by atoms with Crippen molar-refractivity contribution in [1.29, 1.82) is 0 Å². The van der Waals surface area contributed by atoms with Crippen LogP contribution in [0.3, 0.4) is 0 Å².